The van der Waals surface area contributed by atoms with E-state index in [1.807, 2.05) is 54.6 Å². The lowest BCUT2D eigenvalue weighted by Crippen LogP contribution is -2.46. The van der Waals surface area contributed by atoms with E-state index in [0.29, 0.717) is 38.9 Å². The largest absolute Gasteiger partial charge is 0.393 e. The first-order valence-electron chi connectivity index (χ1n) is 10.8. The normalized spacial score (nSPS) is 18.5. The van der Waals surface area contributed by atoms with E-state index in [4.69, 9.17) is 0 Å². The molecule has 0 bridgehead atoms. The van der Waals surface area contributed by atoms with Crippen LogP contribution in [-0.2, 0) is 21.2 Å². The average molecular weight is 444 g/mol. The van der Waals surface area contributed by atoms with Crippen LogP contribution in [0.15, 0.2) is 54.6 Å². The molecule has 166 valence electrons. The highest BCUT2D eigenvalue weighted by atomic mass is 32.2. The van der Waals surface area contributed by atoms with Crippen molar-refractivity contribution in [1.29, 1.82) is 0 Å². The minimum absolute atomic E-state index is 0.0552. The van der Waals surface area contributed by atoms with Crippen molar-refractivity contribution in [3.8, 4) is 0 Å². The van der Waals surface area contributed by atoms with E-state index in [2.05, 4.69) is 10.2 Å². The zero-order valence-electron chi connectivity index (χ0n) is 17.5. The quantitative estimate of drug-likeness (QED) is 0.680. The fourth-order valence-electron chi connectivity index (χ4n) is 4.41. The summed E-state index contributed by atoms with van der Waals surface area (Å²) < 4.78 is 27.2. The lowest BCUT2D eigenvalue weighted by Gasteiger charge is -2.35. The number of anilines is 1. The Morgan fingerprint density at radius 3 is 2.45 bits per heavy atom. The number of nitrogens with zero attached hydrogens (tertiary/aromatic N) is 2. The molecule has 2 aliphatic heterocycles. The summed E-state index contributed by atoms with van der Waals surface area (Å²) in [7, 11) is -3.52. The number of nitrogens with one attached hydrogen (secondary N) is 1. The molecule has 2 N–H and O–H groups in total. The van der Waals surface area contributed by atoms with E-state index < -0.39 is 16.1 Å². The van der Waals surface area contributed by atoms with Crippen molar-refractivity contribution in [3.63, 3.8) is 0 Å². The number of amides is 1. The molecular weight excluding hydrogens is 414 g/mol. The van der Waals surface area contributed by atoms with Gasteiger partial charge in [-0.25, -0.2) is 8.42 Å². The van der Waals surface area contributed by atoms with E-state index >= 15 is 0 Å². The van der Waals surface area contributed by atoms with Crippen LogP contribution in [0.3, 0.4) is 0 Å². The van der Waals surface area contributed by atoms with Gasteiger partial charge in [-0.3, -0.25) is 14.0 Å². The fourth-order valence-corrected chi connectivity index (χ4v) is 5.84. The van der Waals surface area contributed by atoms with E-state index in [9.17, 15) is 18.3 Å². The molecule has 2 aromatic rings. The van der Waals surface area contributed by atoms with Crippen LogP contribution in [-0.4, -0.2) is 62.4 Å². The van der Waals surface area contributed by atoms with Gasteiger partial charge in [0.05, 0.1) is 17.5 Å². The molecule has 1 amide bonds. The fraction of sp³-hybridized carbons (Fsp3) is 0.435. The highest BCUT2D eigenvalue weighted by molar-refractivity contribution is 7.92. The van der Waals surface area contributed by atoms with Gasteiger partial charge in [-0.2, -0.15) is 0 Å². The maximum atomic E-state index is 13.1. The lowest BCUT2D eigenvalue weighted by atomic mass is 10.00. The first-order valence-corrected chi connectivity index (χ1v) is 12.4. The summed E-state index contributed by atoms with van der Waals surface area (Å²) in [5.74, 6) is -0.354. The summed E-state index contributed by atoms with van der Waals surface area (Å²) >= 11 is 0. The third-order valence-corrected chi connectivity index (χ3v) is 7.84. The average Bonchev–Trinajstić information content (AvgIpc) is 3.21. The van der Waals surface area contributed by atoms with Gasteiger partial charge in [-0.1, -0.05) is 48.5 Å². The lowest BCUT2D eigenvalue weighted by molar-refractivity contribution is -0.127. The Morgan fingerprint density at radius 1 is 1.03 bits per heavy atom. The topological polar surface area (TPSA) is 90.0 Å². The number of para-hydroxylation sites is 1. The number of hydrogen-bond donors (Lipinski definition) is 2. The van der Waals surface area contributed by atoms with Crippen LogP contribution in [0.4, 0.5) is 5.69 Å². The second kappa shape index (κ2) is 9.38. The first kappa shape index (κ1) is 21.8. The molecule has 7 nitrogen and oxygen atoms in total. The predicted octanol–water partition coefficient (Wildman–Crippen LogP) is 1.69. The summed E-state index contributed by atoms with van der Waals surface area (Å²) in [5, 5.41) is 12.7. The molecule has 0 spiro atoms. The number of sulfonamides is 1. The third kappa shape index (κ3) is 4.92. The number of benzene rings is 2. The Balaban J connectivity index is 1.41. The van der Waals surface area contributed by atoms with Crippen LogP contribution in [0.2, 0.25) is 0 Å². The van der Waals surface area contributed by atoms with Gasteiger partial charge in [0.25, 0.3) is 0 Å². The minimum atomic E-state index is -3.52. The molecule has 0 aliphatic carbocycles. The van der Waals surface area contributed by atoms with Crippen molar-refractivity contribution in [3.05, 3.63) is 65.7 Å². The number of carbonyl (C=O) groups excluding carboxylic acids is 1. The predicted molar refractivity (Wildman–Crippen MR) is 120 cm³/mol. The Bertz CT molecular complexity index is 1000. The monoisotopic (exact) mass is 443 g/mol. The van der Waals surface area contributed by atoms with E-state index in [-0.39, 0.29) is 24.3 Å². The number of likely N-dealkylation sites (tertiary alicyclic amines) is 1. The van der Waals surface area contributed by atoms with Crippen molar-refractivity contribution in [2.24, 2.45) is 0 Å². The van der Waals surface area contributed by atoms with Crippen molar-refractivity contribution in [1.82, 2.24) is 10.2 Å². The molecule has 0 aromatic heterocycles. The molecule has 0 radical (unpaired) electrons. The zero-order chi connectivity index (χ0) is 21.8. The standard InChI is InChI=1S/C23H29N3O4S/c27-20-11-14-25(15-12-20)22(19-7-2-1-3-8-19)23(28)24-13-17-31(29,30)26-16-10-18-6-4-5-9-21(18)26/h1-9,20,22,27H,10-17H2,(H,24,28)/t22-/m1/s1. The maximum absolute atomic E-state index is 13.1. The molecule has 0 unspecified atom stereocenters. The molecule has 1 fully saturated rings. The molecular formula is C23H29N3O4S. The second-order valence-corrected chi connectivity index (χ2v) is 10.2. The summed E-state index contributed by atoms with van der Waals surface area (Å²) in [6, 6.07) is 16.5. The Hall–Kier alpha value is -2.42. The third-order valence-electron chi connectivity index (χ3n) is 6.07. The van der Waals surface area contributed by atoms with Gasteiger partial charge in [-0.15, -0.1) is 0 Å². The van der Waals surface area contributed by atoms with Gasteiger partial charge < -0.3 is 10.4 Å². The SMILES string of the molecule is O=C(NCCS(=O)(=O)N1CCc2ccccc21)[C@@H](c1ccccc1)N1CCC(O)CC1. The molecule has 1 saturated heterocycles. The van der Waals surface area contributed by atoms with E-state index in [0.717, 1.165) is 16.8 Å². The molecule has 4 rings (SSSR count). The highest BCUT2D eigenvalue weighted by Crippen LogP contribution is 2.30. The second-order valence-electron chi connectivity index (χ2n) is 8.14. The van der Waals surface area contributed by atoms with E-state index in [1.165, 1.54) is 4.31 Å². The van der Waals surface area contributed by atoms with Crippen molar-refractivity contribution < 1.29 is 18.3 Å². The van der Waals surface area contributed by atoms with Crippen LogP contribution >= 0.6 is 0 Å². The summed E-state index contributed by atoms with van der Waals surface area (Å²) in [5.41, 5.74) is 2.64. The molecule has 2 aromatic carbocycles. The molecule has 2 heterocycles. The number of piperidine rings is 1. The van der Waals surface area contributed by atoms with Gasteiger partial charge in [-0.05, 0) is 36.5 Å². The van der Waals surface area contributed by atoms with Crippen molar-refractivity contribution in [2.45, 2.75) is 31.4 Å². The number of aliphatic hydroxyl groups excluding tert-OH is 1. The van der Waals surface area contributed by atoms with Crippen molar-refractivity contribution in [2.75, 3.05) is 36.2 Å². The molecule has 31 heavy (non-hydrogen) atoms. The maximum Gasteiger partial charge on any atom is 0.241 e. The van der Waals surface area contributed by atoms with Crippen LogP contribution in [0, 0.1) is 0 Å². The molecule has 0 saturated carbocycles. The zero-order valence-corrected chi connectivity index (χ0v) is 18.3. The van der Waals surface area contributed by atoms with Gasteiger partial charge in [0.2, 0.25) is 15.9 Å². The van der Waals surface area contributed by atoms with Crippen molar-refractivity contribution >= 4 is 21.6 Å². The Labute approximate surface area is 183 Å². The smallest absolute Gasteiger partial charge is 0.241 e. The summed E-state index contributed by atoms with van der Waals surface area (Å²) in [6.45, 7) is 1.74. The summed E-state index contributed by atoms with van der Waals surface area (Å²) in [4.78, 5) is 15.2. The summed E-state index contributed by atoms with van der Waals surface area (Å²) in [6.07, 6.45) is 1.63. The number of carbonyl (C=O) groups is 1. The van der Waals surface area contributed by atoms with Gasteiger partial charge >= 0.3 is 0 Å². The number of fused-ring (bicyclic) bond motifs is 1. The number of hydrogen-bond acceptors (Lipinski definition) is 5. The van der Waals surface area contributed by atoms with Crippen LogP contribution in [0.25, 0.3) is 0 Å². The Kier molecular flexibility index (Phi) is 6.60. The Morgan fingerprint density at radius 2 is 1.71 bits per heavy atom. The van der Waals surface area contributed by atoms with Crippen LogP contribution in [0.1, 0.15) is 30.0 Å². The highest BCUT2D eigenvalue weighted by Gasteiger charge is 2.32. The van der Waals surface area contributed by atoms with E-state index in [1.54, 1.807) is 0 Å². The number of rotatable bonds is 7. The van der Waals surface area contributed by atoms with Crippen LogP contribution < -0.4 is 9.62 Å². The minimum Gasteiger partial charge on any atom is -0.393 e. The molecule has 2 aliphatic rings. The van der Waals surface area contributed by atoms with Gasteiger partial charge in [0.1, 0.15) is 6.04 Å². The molecule has 8 heteroatoms. The number of aliphatic hydroxyl groups is 1. The molecule has 1 atom stereocenters. The van der Waals surface area contributed by atoms with Crippen LogP contribution in [0.5, 0.6) is 0 Å². The van der Waals surface area contributed by atoms with Gasteiger partial charge in [0, 0.05) is 26.2 Å². The first-order chi connectivity index (χ1) is 15.0. The van der Waals surface area contributed by atoms with Gasteiger partial charge in [0.15, 0.2) is 0 Å².